The monoisotopic (exact) mass is 321 g/mol. The second kappa shape index (κ2) is 7.65. The predicted octanol–water partition coefficient (Wildman–Crippen LogP) is 2.69. The molecule has 0 radical (unpaired) electrons. The van der Waals surface area contributed by atoms with E-state index in [-0.39, 0.29) is 17.2 Å². The van der Waals surface area contributed by atoms with Gasteiger partial charge in [0.25, 0.3) is 0 Å². The summed E-state index contributed by atoms with van der Waals surface area (Å²) >= 11 is 1.48. The van der Waals surface area contributed by atoms with Crippen molar-refractivity contribution in [2.24, 2.45) is 0 Å². The van der Waals surface area contributed by atoms with Crippen LogP contribution in [0.3, 0.4) is 0 Å². The SMILES string of the molecule is COCCn1c(SC(C)C(=O)NC(C)C)nc2ccccc21. The van der Waals surface area contributed by atoms with Crippen molar-refractivity contribution >= 4 is 28.7 Å². The quantitative estimate of drug-likeness (QED) is 0.797. The number of rotatable bonds is 7. The minimum absolute atomic E-state index is 0.0327. The number of carbonyl (C=O) groups excluding carboxylic acids is 1. The molecule has 1 unspecified atom stereocenters. The molecular weight excluding hydrogens is 298 g/mol. The average Bonchev–Trinajstić information content (AvgIpc) is 2.81. The summed E-state index contributed by atoms with van der Waals surface area (Å²) in [5.74, 6) is 0.0327. The number of amides is 1. The van der Waals surface area contributed by atoms with E-state index in [1.807, 2.05) is 45.0 Å². The second-order valence-corrected chi connectivity index (χ2v) is 6.76. The molecule has 0 saturated carbocycles. The minimum atomic E-state index is -0.194. The fourth-order valence-corrected chi connectivity index (χ4v) is 3.11. The topological polar surface area (TPSA) is 56.1 Å². The molecule has 6 heteroatoms. The Hall–Kier alpha value is -1.53. The first-order valence-corrected chi connectivity index (χ1v) is 8.32. The fraction of sp³-hybridized carbons (Fsp3) is 0.500. The van der Waals surface area contributed by atoms with Crippen molar-refractivity contribution in [3.63, 3.8) is 0 Å². The third-order valence-electron chi connectivity index (χ3n) is 3.22. The van der Waals surface area contributed by atoms with Gasteiger partial charge in [-0.25, -0.2) is 4.98 Å². The van der Waals surface area contributed by atoms with E-state index in [2.05, 4.69) is 14.9 Å². The average molecular weight is 321 g/mol. The van der Waals surface area contributed by atoms with Crippen molar-refractivity contribution in [3.8, 4) is 0 Å². The smallest absolute Gasteiger partial charge is 0.233 e. The molecule has 0 aliphatic carbocycles. The van der Waals surface area contributed by atoms with Crippen molar-refractivity contribution < 1.29 is 9.53 Å². The number of methoxy groups -OCH3 is 1. The zero-order valence-corrected chi connectivity index (χ0v) is 14.3. The Labute approximate surface area is 135 Å². The van der Waals surface area contributed by atoms with Crippen LogP contribution in [0, 0.1) is 0 Å². The molecule has 5 nitrogen and oxygen atoms in total. The highest BCUT2D eigenvalue weighted by Crippen LogP contribution is 2.27. The highest BCUT2D eigenvalue weighted by atomic mass is 32.2. The normalized spacial score (nSPS) is 12.8. The van der Waals surface area contributed by atoms with E-state index >= 15 is 0 Å². The van der Waals surface area contributed by atoms with E-state index < -0.39 is 0 Å². The van der Waals surface area contributed by atoms with Crippen molar-refractivity contribution in [2.45, 2.75) is 43.8 Å². The number of benzene rings is 1. The summed E-state index contributed by atoms with van der Waals surface area (Å²) in [4.78, 5) is 16.8. The zero-order chi connectivity index (χ0) is 16.1. The highest BCUT2D eigenvalue weighted by Gasteiger charge is 2.19. The molecule has 1 heterocycles. The molecule has 22 heavy (non-hydrogen) atoms. The number of imidazole rings is 1. The summed E-state index contributed by atoms with van der Waals surface area (Å²) in [7, 11) is 1.69. The van der Waals surface area contributed by atoms with Gasteiger partial charge in [-0.2, -0.15) is 0 Å². The molecule has 1 aromatic heterocycles. The Morgan fingerprint density at radius 1 is 1.36 bits per heavy atom. The van der Waals surface area contributed by atoms with E-state index in [0.29, 0.717) is 6.61 Å². The summed E-state index contributed by atoms with van der Waals surface area (Å²) in [5.41, 5.74) is 2.01. The molecular formula is C16H23N3O2S. The first-order chi connectivity index (χ1) is 10.5. The summed E-state index contributed by atoms with van der Waals surface area (Å²) in [6.45, 7) is 7.16. The number of aromatic nitrogens is 2. The van der Waals surface area contributed by atoms with Crippen LogP contribution >= 0.6 is 11.8 Å². The van der Waals surface area contributed by atoms with Crippen LogP contribution in [0.25, 0.3) is 11.0 Å². The molecule has 0 aliphatic heterocycles. The van der Waals surface area contributed by atoms with Crippen LogP contribution < -0.4 is 5.32 Å². The molecule has 1 atom stereocenters. The Balaban J connectivity index is 2.23. The van der Waals surface area contributed by atoms with Gasteiger partial charge >= 0.3 is 0 Å². The van der Waals surface area contributed by atoms with Gasteiger partial charge in [0.1, 0.15) is 0 Å². The van der Waals surface area contributed by atoms with Gasteiger partial charge in [0, 0.05) is 19.7 Å². The van der Waals surface area contributed by atoms with Crippen LogP contribution in [0.15, 0.2) is 29.4 Å². The van der Waals surface area contributed by atoms with Gasteiger partial charge < -0.3 is 14.6 Å². The summed E-state index contributed by atoms with van der Waals surface area (Å²) in [5, 5.41) is 3.60. The minimum Gasteiger partial charge on any atom is -0.383 e. The molecule has 0 aliphatic rings. The molecule has 1 N–H and O–H groups in total. The third-order valence-corrected chi connectivity index (χ3v) is 4.31. The lowest BCUT2D eigenvalue weighted by Crippen LogP contribution is -2.36. The van der Waals surface area contributed by atoms with Crippen LogP contribution in [0.4, 0.5) is 0 Å². The van der Waals surface area contributed by atoms with Crippen LogP contribution in [-0.2, 0) is 16.1 Å². The van der Waals surface area contributed by atoms with Crippen LogP contribution in [0.5, 0.6) is 0 Å². The van der Waals surface area contributed by atoms with Gasteiger partial charge in [-0.05, 0) is 32.9 Å². The zero-order valence-electron chi connectivity index (χ0n) is 13.5. The number of ether oxygens (including phenoxy) is 1. The maximum absolute atomic E-state index is 12.1. The van der Waals surface area contributed by atoms with E-state index in [0.717, 1.165) is 22.7 Å². The van der Waals surface area contributed by atoms with Crippen LogP contribution in [0.2, 0.25) is 0 Å². The lowest BCUT2D eigenvalue weighted by Gasteiger charge is -2.15. The molecule has 0 spiro atoms. The van der Waals surface area contributed by atoms with Crippen molar-refractivity contribution in [3.05, 3.63) is 24.3 Å². The number of carbonyl (C=O) groups is 1. The number of para-hydroxylation sites is 2. The molecule has 0 fully saturated rings. The first-order valence-electron chi connectivity index (χ1n) is 7.44. The van der Waals surface area contributed by atoms with Gasteiger partial charge in [-0.1, -0.05) is 23.9 Å². The van der Waals surface area contributed by atoms with Crippen molar-refractivity contribution in [2.75, 3.05) is 13.7 Å². The van der Waals surface area contributed by atoms with Crippen LogP contribution in [0.1, 0.15) is 20.8 Å². The summed E-state index contributed by atoms with van der Waals surface area (Å²) in [6.07, 6.45) is 0. The molecule has 0 bridgehead atoms. The number of hydrogen-bond acceptors (Lipinski definition) is 4. The second-order valence-electron chi connectivity index (χ2n) is 5.45. The van der Waals surface area contributed by atoms with E-state index in [4.69, 9.17) is 4.74 Å². The van der Waals surface area contributed by atoms with Crippen molar-refractivity contribution in [1.29, 1.82) is 0 Å². The fourth-order valence-electron chi connectivity index (χ4n) is 2.16. The van der Waals surface area contributed by atoms with E-state index in [9.17, 15) is 4.79 Å². The lowest BCUT2D eigenvalue weighted by molar-refractivity contribution is -0.120. The van der Waals surface area contributed by atoms with Gasteiger partial charge in [-0.3, -0.25) is 4.79 Å². The van der Waals surface area contributed by atoms with Gasteiger partial charge in [0.05, 0.1) is 22.9 Å². The maximum Gasteiger partial charge on any atom is 0.233 e. The predicted molar refractivity (Wildman–Crippen MR) is 90.2 cm³/mol. The van der Waals surface area contributed by atoms with Crippen LogP contribution in [-0.4, -0.2) is 40.5 Å². The Morgan fingerprint density at radius 3 is 2.77 bits per heavy atom. The lowest BCUT2D eigenvalue weighted by atomic mass is 10.3. The Morgan fingerprint density at radius 2 is 2.09 bits per heavy atom. The largest absolute Gasteiger partial charge is 0.383 e. The molecule has 2 aromatic rings. The summed E-state index contributed by atoms with van der Waals surface area (Å²) < 4.78 is 7.30. The van der Waals surface area contributed by atoms with Gasteiger partial charge in [0.2, 0.25) is 5.91 Å². The highest BCUT2D eigenvalue weighted by molar-refractivity contribution is 8.00. The molecule has 2 rings (SSSR count). The standard InChI is InChI=1S/C16H23N3O2S/c1-11(2)17-15(20)12(3)22-16-18-13-7-5-6-8-14(13)19(16)9-10-21-4/h5-8,11-12H,9-10H2,1-4H3,(H,17,20). The van der Waals surface area contributed by atoms with E-state index in [1.54, 1.807) is 7.11 Å². The molecule has 1 aromatic carbocycles. The number of fused-ring (bicyclic) bond motifs is 1. The first kappa shape index (κ1) is 16.8. The number of hydrogen-bond donors (Lipinski definition) is 1. The molecule has 1 amide bonds. The van der Waals surface area contributed by atoms with E-state index in [1.165, 1.54) is 11.8 Å². The number of thioether (sulfide) groups is 1. The number of nitrogens with zero attached hydrogens (tertiary/aromatic N) is 2. The molecule has 0 saturated heterocycles. The van der Waals surface area contributed by atoms with Gasteiger partial charge in [-0.15, -0.1) is 0 Å². The third kappa shape index (κ3) is 4.01. The number of nitrogens with one attached hydrogen (secondary N) is 1. The summed E-state index contributed by atoms with van der Waals surface area (Å²) in [6, 6.07) is 8.14. The molecule has 120 valence electrons. The Kier molecular flexibility index (Phi) is 5.85. The maximum atomic E-state index is 12.1. The van der Waals surface area contributed by atoms with Gasteiger partial charge in [0.15, 0.2) is 5.16 Å². The Bertz CT molecular complexity index is 639. The van der Waals surface area contributed by atoms with Crippen molar-refractivity contribution in [1.82, 2.24) is 14.9 Å².